The number of esters is 1. The Morgan fingerprint density at radius 1 is 1.27 bits per heavy atom. The third-order valence-electron chi connectivity index (χ3n) is 1.49. The summed E-state index contributed by atoms with van der Waals surface area (Å²) in [6.07, 6.45) is 1.41. The van der Waals surface area contributed by atoms with E-state index in [9.17, 15) is 9.59 Å². The Morgan fingerprint density at radius 3 is 2.47 bits per heavy atom. The SMILES string of the molecule is CC(C)(C)C(=O)OCCOCCN=C=O. The van der Waals surface area contributed by atoms with Gasteiger partial charge >= 0.3 is 5.97 Å². The summed E-state index contributed by atoms with van der Waals surface area (Å²) in [6, 6.07) is 0. The van der Waals surface area contributed by atoms with Crippen molar-refractivity contribution >= 4 is 12.0 Å². The molecule has 0 saturated carbocycles. The molecule has 0 saturated heterocycles. The van der Waals surface area contributed by atoms with Crippen LogP contribution in [0.1, 0.15) is 20.8 Å². The third kappa shape index (κ3) is 7.85. The van der Waals surface area contributed by atoms with Gasteiger partial charge in [0.1, 0.15) is 6.61 Å². The molecular formula is C10H17NO4. The van der Waals surface area contributed by atoms with Gasteiger partial charge in [-0.05, 0) is 20.8 Å². The number of aliphatic imine (C=N–C) groups is 1. The first kappa shape index (κ1) is 13.8. The molecule has 0 radical (unpaired) electrons. The van der Waals surface area contributed by atoms with Crippen molar-refractivity contribution in [3.63, 3.8) is 0 Å². The number of isocyanates is 1. The van der Waals surface area contributed by atoms with Gasteiger partial charge in [-0.3, -0.25) is 4.79 Å². The van der Waals surface area contributed by atoms with Crippen molar-refractivity contribution < 1.29 is 19.1 Å². The van der Waals surface area contributed by atoms with Crippen LogP contribution in [-0.2, 0) is 19.1 Å². The molecule has 0 N–H and O–H groups in total. The molecule has 5 heteroatoms. The first-order valence-corrected chi connectivity index (χ1v) is 4.77. The number of rotatable bonds is 6. The van der Waals surface area contributed by atoms with Crippen molar-refractivity contribution in [1.29, 1.82) is 0 Å². The molecule has 0 atom stereocenters. The molecule has 0 unspecified atom stereocenters. The van der Waals surface area contributed by atoms with E-state index in [0.717, 1.165) is 0 Å². The molecule has 86 valence electrons. The average Bonchev–Trinajstić information content (AvgIpc) is 2.14. The van der Waals surface area contributed by atoms with Gasteiger partial charge in [0.15, 0.2) is 0 Å². The maximum absolute atomic E-state index is 11.3. The molecule has 0 heterocycles. The second-order valence-corrected chi connectivity index (χ2v) is 3.97. The van der Waals surface area contributed by atoms with Crippen LogP contribution in [0.15, 0.2) is 4.99 Å². The van der Waals surface area contributed by atoms with Gasteiger partial charge in [-0.15, -0.1) is 0 Å². The lowest BCUT2D eigenvalue weighted by Gasteiger charge is -2.16. The number of hydrogen-bond donors (Lipinski definition) is 0. The summed E-state index contributed by atoms with van der Waals surface area (Å²) < 4.78 is 9.99. The summed E-state index contributed by atoms with van der Waals surface area (Å²) in [5, 5.41) is 0. The van der Waals surface area contributed by atoms with E-state index >= 15 is 0 Å². The molecule has 15 heavy (non-hydrogen) atoms. The second kappa shape index (κ2) is 7.15. The lowest BCUT2D eigenvalue weighted by atomic mass is 9.97. The smallest absolute Gasteiger partial charge is 0.311 e. The molecule has 0 aromatic carbocycles. The largest absolute Gasteiger partial charge is 0.463 e. The van der Waals surface area contributed by atoms with Crippen LogP contribution in [0.4, 0.5) is 0 Å². The Morgan fingerprint density at radius 2 is 1.93 bits per heavy atom. The molecule has 0 amide bonds. The van der Waals surface area contributed by atoms with E-state index in [1.54, 1.807) is 20.8 Å². The van der Waals surface area contributed by atoms with E-state index in [-0.39, 0.29) is 19.1 Å². The Bertz CT molecular complexity index is 238. The van der Waals surface area contributed by atoms with Crippen LogP contribution in [0.2, 0.25) is 0 Å². The van der Waals surface area contributed by atoms with Crippen LogP contribution in [0, 0.1) is 5.41 Å². The van der Waals surface area contributed by atoms with Crippen molar-refractivity contribution in [2.45, 2.75) is 20.8 Å². The van der Waals surface area contributed by atoms with E-state index in [1.807, 2.05) is 0 Å². The van der Waals surface area contributed by atoms with Crippen LogP contribution in [-0.4, -0.2) is 38.4 Å². The summed E-state index contributed by atoms with van der Waals surface area (Å²) in [5.41, 5.74) is -0.484. The molecule has 0 aliphatic rings. The van der Waals surface area contributed by atoms with E-state index in [0.29, 0.717) is 13.2 Å². The highest BCUT2D eigenvalue weighted by Crippen LogP contribution is 2.14. The lowest BCUT2D eigenvalue weighted by molar-refractivity contribution is -0.154. The van der Waals surface area contributed by atoms with Crippen molar-refractivity contribution in [2.24, 2.45) is 10.4 Å². The molecule has 5 nitrogen and oxygen atoms in total. The molecular weight excluding hydrogens is 198 g/mol. The van der Waals surface area contributed by atoms with Crippen LogP contribution < -0.4 is 0 Å². The van der Waals surface area contributed by atoms with Crippen molar-refractivity contribution in [3.05, 3.63) is 0 Å². The fourth-order valence-corrected chi connectivity index (χ4v) is 0.668. The maximum Gasteiger partial charge on any atom is 0.311 e. The zero-order valence-corrected chi connectivity index (χ0v) is 9.41. The number of hydrogen-bond acceptors (Lipinski definition) is 5. The van der Waals surface area contributed by atoms with Gasteiger partial charge in [-0.25, -0.2) is 9.79 Å². The van der Waals surface area contributed by atoms with E-state index in [1.165, 1.54) is 6.08 Å². The molecule has 0 aliphatic heterocycles. The molecule has 0 aliphatic carbocycles. The molecule has 0 aromatic rings. The minimum atomic E-state index is -0.484. The predicted octanol–water partition coefficient (Wildman–Crippen LogP) is 0.928. The van der Waals surface area contributed by atoms with E-state index in [2.05, 4.69) is 4.99 Å². The van der Waals surface area contributed by atoms with Crippen molar-refractivity contribution in [2.75, 3.05) is 26.4 Å². The van der Waals surface area contributed by atoms with Crippen LogP contribution in [0.5, 0.6) is 0 Å². The highest BCUT2D eigenvalue weighted by molar-refractivity contribution is 5.75. The van der Waals surface area contributed by atoms with Crippen LogP contribution in [0.3, 0.4) is 0 Å². The van der Waals surface area contributed by atoms with Gasteiger partial charge in [0.2, 0.25) is 6.08 Å². The van der Waals surface area contributed by atoms with Crippen molar-refractivity contribution in [3.8, 4) is 0 Å². The van der Waals surface area contributed by atoms with Gasteiger partial charge in [-0.2, -0.15) is 0 Å². The Labute approximate surface area is 89.5 Å². The molecule has 0 bridgehead atoms. The molecule has 0 rings (SSSR count). The minimum Gasteiger partial charge on any atom is -0.463 e. The number of nitrogens with zero attached hydrogens (tertiary/aromatic N) is 1. The summed E-state index contributed by atoms with van der Waals surface area (Å²) in [4.78, 5) is 24.2. The van der Waals surface area contributed by atoms with Gasteiger partial charge < -0.3 is 9.47 Å². The monoisotopic (exact) mass is 215 g/mol. The summed E-state index contributed by atoms with van der Waals surface area (Å²) in [5.74, 6) is -0.253. The van der Waals surface area contributed by atoms with Crippen molar-refractivity contribution in [1.82, 2.24) is 0 Å². The normalized spacial score (nSPS) is 10.6. The fourth-order valence-electron chi connectivity index (χ4n) is 0.668. The predicted molar refractivity (Wildman–Crippen MR) is 54.2 cm³/mol. The number of carbonyl (C=O) groups is 1. The summed E-state index contributed by atoms with van der Waals surface area (Å²) in [7, 11) is 0. The van der Waals surface area contributed by atoms with E-state index in [4.69, 9.17) is 9.47 Å². The highest BCUT2D eigenvalue weighted by Gasteiger charge is 2.22. The molecule has 0 aromatic heterocycles. The number of ether oxygens (including phenoxy) is 2. The summed E-state index contributed by atoms with van der Waals surface area (Å²) >= 11 is 0. The zero-order chi connectivity index (χ0) is 11.7. The minimum absolute atomic E-state index is 0.223. The Kier molecular flexibility index (Phi) is 6.58. The maximum atomic E-state index is 11.3. The summed E-state index contributed by atoms with van der Waals surface area (Å²) in [6.45, 7) is 6.52. The first-order chi connectivity index (χ1) is 6.98. The van der Waals surface area contributed by atoms with Gasteiger partial charge in [0, 0.05) is 0 Å². The standard InChI is InChI=1S/C10H17NO4/c1-10(2,3)9(13)15-7-6-14-5-4-11-8-12/h4-7H2,1-3H3. The Hall–Kier alpha value is -1.19. The van der Waals surface area contributed by atoms with Gasteiger partial charge in [0.05, 0.1) is 25.2 Å². The third-order valence-corrected chi connectivity index (χ3v) is 1.49. The first-order valence-electron chi connectivity index (χ1n) is 4.77. The average molecular weight is 215 g/mol. The molecule has 0 fully saturated rings. The topological polar surface area (TPSA) is 65.0 Å². The van der Waals surface area contributed by atoms with Crippen LogP contribution >= 0.6 is 0 Å². The van der Waals surface area contributed by atoms with Gasteiger partial charge in [-0.1, -0.05) is 0 Å². The Balaban J connectivity index is 3.39. The number of carbonyl (C=O) groups excluding carboxylic acids is 2. The molecule has 0 spiro atoms. The zero-order valence-electron chi connectivity index (χ0n) is 9.41. The van der Waals surface area contributed by atoms with Crippen LogP contribution in [0.25, 0.3) is 0 Å². The lowest BCUT2D eigenvalue weighted by Crippen LogP contribution is -2.24. The van der Waals surface area contributed by atoms with E-state index < -0.39 is 5.41 Å². The highest BCUT2D eigenvalue weighted by atomic mass is 16.6. The second-order valence-electron chi connectivity index (χ2n) is 3.97. The fraction of sp³-hybridized carbons (Fsp3) is 0.800. The quantitative estimate of drug-likeness (QED) is 0.286. The van der Waals surface area contributed by atoms with Gasteiger partial charge in [0.25, 0.3) is 0 Å².